The van der Waals surface area contributed by atoms with Crippen molar-refractivity contribution in [1.29, 1.82) is 0 Å². The Morgan fingerprint density at radius 3 is 3.00 bits per heavy atom. The summed E-state index contributed by atoms with van der Waals surface area (Å²) < 4.78 is 5.69. The fraction of sp³-hybridized carbons (Fsp3) is 0.833. The Balaban J connectivity index is 2.12. The lowest BCUT2D eigenvalue weighted by Crippen LogP contribution is -2.46. The van der Waals surface area contributed by atoms with E-state index in [1.807, 2.05) is 0 Å². The topological polar surface area (TPSA) is 24.5 Å². The molecule has 0 aromatic carbocycles. The van der Waals surface area contributed by atoms with E-state index in [-0.39, 0.29) is 0 Å². The van der Waals surface area contributed by atoms with Crippen molar-refractivity contribution in [2.24, 2.45) is 0 Å². The van der Waals surface area contributed by atoms with Crippen LogP contribution in [0.2, 0.25) is 0 Å². The smallest absolute Gasteiger partial charge is 0.0826 e. The molecular weight excluding hydrogens is 188 g/mol. The number of rotatable bonds is 6. The van der Waals surface area contributed by atoms with Gasteiger partial charge in [0, 0.05) is 26.2 Å². The summed E-state index contributed by atoms with van der Waals surface area (Å²) >= 11 is 0. The van der Waals surface area contributed by atoms with Gasteiger partial charge in [0.2, 0.25) is 0 Å². The molecule has 0 aliphatic carbocycles. The van der Waals surface area contributed by atoms with Crippen molar-refractivity contribution >= 4 is 0 Å². The van der Waals surface area contributed by atoms with Gasteiger partial charge in [-0.05, 0) is 13.0 Å². The Labute approximate surface area is 93.5 Å². The van der Waals surface area contributed by atoms with Crippen LogP contribution in [0.15, 0.2) is 12.2 Å². The summed E-state index contributed by atoms with van der Waals surface area (Å²) in [4.78, 5) is 2.44. The van der Waals surface area contributed by atoms with Gasteiger partial charge in [0.1, 0.15) is 0 Å². The van der Waals surface area contributed by atoms with Crippen LogP contribution in [0.1, 0.15) is 20.3 Å². The predicted octanol–water partition coefficient (Wildman–Crippen LogP) is 1.26. The minimum atomic E-state index is 0.350. The molecule has 15 heavy (non-hydrogen) atoms. The Morgan fingerprint density at radius 2 is 2.33 bits per heavy atom. The fourth-order valence-corrected chi connectivity index (χ4v) is 1.73. The Hall–Kier alpha value is -0.380. The van der Waals surface area contributed by atoms with E-state index in [1.165, 1.54) is 5.57 Å². The van der Waals surface area contributed by atoms with Crippen LogP contribution in [0.25, 0.3) is 0 Å². The molecule has 1 aliphatic heterocycles. The lowest BCUT2D eigenvalue weighted by Gasteiger charge is -2.32. The molecule has 0 spiro atoms. The van der Waals surface area contributed by atoms with Crippen molar-refractivity contribution in [3.05, 3.63) is 12.2 Å². The highest BCUT2D eigenvalue weighted by atomic mass is 16.5. The van der Waals surface area contributed by atoms with E-state index < -0.39 is 0 Å². The Kier molecular flexibility index (Phi) is 5.91. The molecule has 1 fully saturated rings. The summed E-state index contributed by atoms with van der Waals surface area (Å²) in [6, 6.07) is 0. The minimum absolute atomic E-state index is 0.350. The number of nitrogens with zero attached hydrogens (tertiary/aromatic N) is 1. The van der Waals surface area contributed by atoms with Crippen molar-refractivity contribution in [2.45, 2.75) is 26.4 Å². The molecule has 0 saturated carbocycles. The molecule has 3 heteroatoms. The van der Waals surface area contributed by atoms with Crippen molar-refractivity contribution in [2.75, 3.05) is 39.3 Å². The molecule has 0 amide bonds. The lowest BCUT2D eigenvalue weighted by molar-refractivity contribution is -0.0249. The SMILES string of the molecule is C=C(CC)CNCC1CN(CC)CCO1. The second-order valence-corrected chi connectivity index (χ2v) is 4.12. The quantitative estimate of drug-likeness (QED) is 0.671. The van der Waals surface area contributed by atoms with Crippen molar-refractivity contribution in [1.82, 2.24) is 10.2 Å². The molecule has 0 bridgehead atoms. The maximum Gasteiger partial charge on any atom is 0.0826 e. The van der Waals surface area contributed by atoms with E-state index in [0.717, 1.165) is 45.8 Å². The molecule has 0 radical (unpaired) electrons. The number of likely N-dealkylation sites (N-methyl/N-ethyl adjacent to an activating group) is 1. The molecule has 1 N–H and O–H groups in total. The largest absolute Gasteiger partial charge is 0.374 e. The Bertz CT molecular complexity index is 194. The van der Waals surface area contributed by atoms with Gasteiger partial charge in [-0.2, -0.15) is 0 Å². The highest BCUT2D eigenvalue weighted by molar-refractivity contribution is 4.95. The second kappa shape index (κ2) is 6.99. The third-order valence-electron chi connectivity index (χ3n) is 2.92. The summed E-state index contributed by atoms with van der Waals surface area (Å²) in [7, 11) is 0. The van der Waals surface area contributed by atoms with Crippen LogP contribution in [-0.4, -0.2) is 50.3 Å². The van der Waals surface area contributed by atoms with Crippen LogP contribution in [0.5, 0.6) is 0 Å². The number of nitrogens with one attached hydrogen (secondary N) is 1. The van der Waals surface area contributed by atoms with Gasteiger partial charge in [-0.25, -0.2) is 0 Å². The number of hydrogen-bond donors (Lipinski definition) is 1. The summed E-state index contributed by atoms with van der Waals surface area (Å²) in [6.07, 6.45) is 1.41. The van der Waals surface area contributed by atoms with Gasteiger partial charge in [-0.3, -0.25) is 4.90 Å². The second-order valence-electron chi connectivity index (χ2n) is 4.12. The molecule has 1 atom stereocenters. The summed E-state index contributed by atoms with van der Waals surface area (Å²) in [6.45, 7) is 14.3. The minimum Gasteiger partial charge on any atom is -0.374 e. The summed E-state index contributed by atoms with van der Waals surface area (Å²) in [5, 5.41) is 3.40. The summed E-state index contributed by atoms with van der Waals surface area (Å²) in [5.74, 6) is 0. The van der Waals surface area contributed by atoms with Crippen LogP contribution in [-0.2, 0) is 4.74 Å². The van der Waals surface area contributed by atoms with Gasteiger partial charge in [-0.15, -0.1) is 0 Å². The van der Waals surface area contributed by atoms with E-state index in [4.69, 9.17) is 4.74 Å². The highest BCUT2D eigenvalue weighted by Crippen LogP contribution is 2.03. The monoisotopic (exact) mass is 212 g/mol. The molecule has 1 unspecified atom stereocenters. The number of ether oxygens (including phenoxy) is 1. The van der Waals surface area contributed by atoms with Gasteiger partial charge < -0.3 is 10.1 Å². The third kappa shape index (κ3) is 4.78. The zero-order chi connectivity index (χ0) is 11.1. The highest BCUT2D eigenvalue weighted by Gasteiger charge is 2.18. The van der Waals surface area contributed by atoms with E-state index in [2.05, 4.69) is 30.6 Å². The molecular formula is C12H24N2O. The van der Waals surface area contributed by atoms with Crippen LogP contribution in [0.4, 0.5) is 0 Å². The molecule has 0 aromatic heterocycles. The average molecular weight is 212 g/mol. The average Bonchev–Trinajstić information content (AvgIpc) is 2.29. The van der Waals surface area contributed by atoms with Crippen LogP contribution in [0.3, 0.4) is 0 Å². The first-order valence-corrected chi connectivity index (χ1v) is 5.97. The predicted molar refractivity (Wildman–Crippen MR) is 64.2 cm³/mol. The molecule has 1 aliphatic rings. The first kappa shape index (κ1) is 12.7. The van der Waals surface area contributed by atoms with Gasteiger partial charge in [0.25, 0.3) is 0 Å². The molecule has 1 saturated heterocycles. The molecule has 1 rings (SSSR count). The molecule has 3 nitrogen and oxygen atoms in total. The molecule has 1 heterocycles. The first-order valence-electron chi connectivity index (χ1n) is 5.97. The van der Waals surface area contributed by atoms with Gasteiger partial charge >= 0.3 is 0 Å². The van der Waals surface area contributed by atoms with E-state index in [0.29, 0.717) is 6.10 Å². The summed E-state index contributed by atoms with van der Waals surface area (Å²) in [5.41, 5.74) is 1.26. The van der Waals surface area contributed by atoms with E-state index >= 15 is 0 Å². The van der Waals surface area contributed by atoms with E-state index in [9.17, 15) is 0 Å². The maximum atomic E-state index is 5.69. The van der Waals surface area contributed by atoms with Crippen LogP contribution < -0.4 is 5.32 Å². The normalized spacial score (nSPS) is 22.9. The third-order valence-corrected chi connectivity index (χ3v) is 2.92. The Morgan fingerprint density at radius 1 is 1.53 bits per heavy atom. The van der Waals surface area contributed by atoms with Crippen LogP contribution in [0, 0.1) is 0 Å². The maximum absolute atomic E-state index is 5.69. The van der Waals surface area contributed by atoms with Crippen molar-refractivity contribution in [3.63, 3.8) is 0 Å². The number of hydrogen-bond acceptors (Lipinski definition) is 3. The standard InChI is InChI=1S/C12H24N2O/c1-4-11(3)8-13-9-12-10-14(5-2)6-7-15-12/h12-13H,3-10H2,1-2H3. The molecule has 88 valence electrons. The zero-order valence-corrected chi connectivity index (χ0v) is 10.1. The number of morpholine rings is 1. The van der Waals surface area contributed by atoms with Gasteiger partial charge in [0.15, 0.2) is 0 Å². The van der Waals surface area contributed by atoms with Crippen LogP contribution >= 0.6 is 0 Å². The van der Waals surface area contributed by atoms with Crippen molar-refractivity contribution < 1.29 is 4.74 Å². The zero-order valence-electron chi connectivity index (χ0n) is 10.1. The van der Waals surface area contributed by atoms with Gasteiger partial charge in [0.05, 0.1) is 12.7 Å². The van der Waals surface area contributed by atoms with E-state index in [1.54, 1.807) is 0 Å². The molecule has 0 aromatic rings. The van der Waals surface area contributed by atoms with Crippen molar-refractivity contribution in [3.8, 4) is 0 Å². The lowest BCUT2D eigenvalue weighted by atomic mass is 10.2. The fourth-order valence-electron chi connectivity index (χ4n) is 1.73. The first-order chi connectivity index (χ1) is 7.26. The van der Waals surface area contributed by atoms with Gasteiger partial charge in [-0.1, -0.05) is 26.0 Å².